The van der Waals surface area contributed by atoms with Crippen LogP contribution in [0.3, 0.4) is 0 Å². The molecule has 0 fully saturated rings. The number of rotatable bonds is 4. The molecule has 0 atom stereocenters. The number of hydrogen-bond acceptors (Lipinski definition) is 1. The minimum atomic E-state index is 0.359. The summed E-state index contributed by atoms with van der Waals surface area (Å²) in [5.74, 6) is 7.31. The van der Waals surface area contributed by atoms with E-state index in [2.05, 4.69) is 11.8 Å². The molecule has 1 nitrogen and oxygen atoms in total. The van der Waals surface area contributed by atoms with Crippen molar-refractivity contribution in [3.05, 3.63) is 63.6 Å². The monoisotopic (exact) mass is 338 g/mol. The molecule has 0 N–H and O–H groups in total. The van der Waals surface area contributed by atoms with Gasteiger partial charge in [0.2, 0.25) is 0 Å². The highest BCUT2D eigenvalue weighted by Gasteiger charge is 2.05. The molecule has 2 aromatic carbocycles. The minimum absolute atomic E-state index is 0.359. The Hall–Kier alpha value is -1.33. The van der Waals surface area contributed by atoms with Crippen molar-refractivity contribution in [3.8, 4) is 17.6 Å². The molecule has 0 saturated carbocycles. The van der Waals surface area contributed by atoms with E-state index in [1.807, 2.05) is 36.4 Å². The van der Waals surface area contributed by atoms with Gasteiger partial charge in [-0.2, -0.15) is 0 Å². The van der Waals surface area contributed by atoms with Crippen LogP contribution >= 0.6 is 34.8 Å². The Balaban J connectivity index is 2.05. The lowest BCUT2D eigenvalue weighted by molar-refractivity contribution is 0.306. The van der Waals surface area contributed by atoms with Gasteiger partial charge in [0.25, 0.3) is 0 Å². The van der Waals surface area contributed by atoms with E-state index in [0.717, 1.165) is 16.9 Å². The summed E-state index contributed by atoms with van der Waals surface area (Å²) in [5.41, 5.74) is 1.75. The molecule has 0 aliphatic heterocycles. The summed E-state index contributed by atoms with van der Waals surface area (Å²) < 4.78 is 5.74. The van der Waals surface area contributed by atoms with Crippen LogP contribution in [0.2, 0.25) is 10.0 Å². The highest BCUT2D eigenvalue weighted by molar-refractivity contribution is 6.42. The molecule has 108 valence electrons. The maximum absolute atomic E-state index is 6.13. The molecular weight excluding hydrogens is 327 g/mol. The Morgan fingerprint density at radius 2 is 1.86 bits per heavy atom. The summed E-state index contributed by atoms with van der Waals surface area (Å²) in [5, 5.41) is 1.05. The molecular formula is C17H13Cl3O. The number of hydrogen-bond donors (Lipinski definition) is 0. The Morgan fingerprint density at radius 3 is 2.67 bits per heavy atom. The average Bonchev–Trinajstić information content (AvgIpc) is 2.50. The lowest BCUT2D eigenvalue weighted by Crippen LogP contribution is -1.96. The molecule has 2 rings (SSSR count). The van der Waals surface area contributed by atoms with Crippen molar-refractivity contribution in [3.63, 3.8) is 0 Å². The Morgan fingerprint density at radius 1 is 1.05 bits per heavy atom. The molecule has 2 aromatic rings. The van der Waals surface area contributed by atoms with E-state index in [4.69, 9.17) is 39.5 Å². The zero-order chi connectivity index (χ0) is 15.1. The van der Waals surface area contributed by atoms with Crippen LogP contribution < -0.4 is 4.74 Å². The van der Waals surface area contributed by atoms with Gasteiger partial charge in [-0.3, -0.25) is 0 Å². The average molecular weight is 340 g/mol. The molecule has 0 heterocycles. The first kappa shape index (κ1) is 16.0. The zero-order valence-electron chi connectivity index (χ0n) is 11.2. The van der Waals surface area contributed by atoms with Gasteiger partial charge in [-0.1, -0.05) is 53.2 Å². The van der Waals surface area contributed by atoms with Crippen LogP contribution in [-0.4, -0.2) is 5.88 Å². The second-order valence-electron chi connectivity index (χ2n) is 4.27. The van der Waals surface area contributed by atoms with Gasteiger partial charge < -0.3 is 4.74 Å². The van der Waals surface area contributed by atoms with Gasteiger partial charge in [0, 0.05) is 23.4 Å². The molecule has 0 aliphatic rings. The van der Waals surface area contributed by atoms with E-state index < -0.39 is 0 Å². The Bertz CT molecular complexity index is 671. The molecule has 0 unspecified atom stereocenters. The van der Waals surface area contributed by atoms with E-state index in [1.54, 1.807) is 6.07 Å². The van der Waals surface area contributed by atoms with E-state index in [1.165, 1.54) is 0 Å². The normalized spacial score (nSPS) is 9.86. The molecule has 0 amide bonds. The van der Waals surface area contributed by atoms with Crippen LogP contribution in [0.5, 0.6) is 5.75 Å². The third kappa shape index (κ3) is 4.86. The van der Waals surface area contributed by atoms with E-state index in [0.29, 0.717) is 29.0 Å². The van der Waals surface area contributed by atoms with Crippen LogP contribution in [0, 0.1) is 11.8 Å². The first-order valence-electron chi connectivity index (χ1n) is 6.41. The molecule has 0 aromatic heterocycles. The fraction of sp³-hybridized carbons (Fsp3) is 0.176. The largest absolute Gasteiger partial charge is 0.489 e. The Kier molecular flexibility index (Phi) is 6.26. The maximum Gasteiger partial charge on any atom is 0.121 e. The van der Waals surface area contributed by atoms with E-state index in [9.17, 15) is 0 Å². The van der Waals surface area contributed by atoms with Crippen LogP contribution in [0.15, 0.2) is 42.5 Å². The summed E-state index contributed by atoms with van der Waals surface area (Å²) in [6.07, 6.45) is 0.671. The van der Waals surface area contributed by atoms with Gasteiger partial charge in [0.05, 0.1) is 10.0 Å². The SMILES string of the molecule is ClCCC#Cc1cccc(OCc2cccc(Cl)c2Cl)c1. The molecule has 0 bridgehead atoms. The van der Waals surface area contributed by atoms with Crippen LogP contribution in [0.25, 0.3) is 0 Å². The van der Waals surface area contributed by atoms with Crippen molar-refractivity contribution >= 4 is 34.8 Å². The second-order valence-corrected chi connectivity index (χ2v) is 5.43. The predicted octanol–water partition coefficient (Wildman–Crippen LogP) is 5.55. The van der Waals surface area contributed by atoms with Crippen molar-refractivity contribution < 1.29 is 4.74 Å². The number of alkyl halides is 1. The first-order chi connectivity index (χ1) is 10.2. The van der Waals surface area contributed by atoms with E-state index >= 15 is 0 Å². The van der Waals surface area contributed by atoms with Crippen molar-refractivity contribution in [1.29, 1.82) is 0 Å². The van der Waals surface area contributed by atoms with Crippen LogP contribution in [0.4, 0.5) is 0 Å². The fourth-order valence-corrected chi connectivity index (χ4v) is 2.17. The quantitative estimate of drug-likeness (QED) is 0.524. The fourth-order valence-electron chi connectivity index (χ4n) is 1.70. The number of benzene rings is 2. The van der Waals surface area contributed by atoms with Gasteiger partial charge >= 0.3 is 0 Å². The molecule has 0 aliphatic carbocycles. The summed E-state index contributed by atoms with van der Waals surface area (Å²) in [4.78, 5) is 0. The standard InChI is InChI=1S/C17H13Cl3O/c18-10-2-1-5-13-6-3-8-15(11-13)21-12-14-7-4-9-16(19)17(14)20/h3-4,6-9,11H,2,10,12H2. The smallest absolute Gasteiger partial charge is 0.121 e. The second kappa shape index (κ2) is 8.20. The minimum Gasteiger partial charge on any atom is -0.489 e. The predicted molar refractivity (Wildman–Crippen MR) is 89.5 cm³/mol. The van der Waals surface area contributed by atoms with Gasteiger partial charge in [-0.15, -0.1) is 11.6 Å². The van der Waals surface area contributed by atoms with Crippen molar-refractivity contribution in [2.45, 2.75) is 13.0 Å². The first-order valence-corrected chi connectivity index (χ1v) is 7.70. The van der Waals surface area contributed by atoms with Gasteiger partial charge in [-0.25, -0.2) is 0 Å². The van der Waals surface area contributed by atoms with Crippen molar-refractivity contribution in [2.24, 2.45) is 0 Å². The van der Waals surface area contributed by atoms with Gasteiger partial charge in [0.1, 0.15) is 12.4 Å². The third-order valence-corrected chi connectivity index (χ3v) is 3.76. The molecule has 21 heavy (non-hydrogen) atoms. The topological polar surface area (TPSA) is 9.23 Å². The van der Waals surface area contributed by atoms with Crippen LogP contribution in [-0.2, 0) is 6.61 Å². The number of ether oxygens (including phenoxy) is 1. The maximum atomic E-state index is 6.13. The Labute approximate surface area is 139 Å². The molecule has 0 radical (unpaired) electrons. The highest BCUT2D eigenvalue weighted by atomic mass is 35.5. The summed E-state index contributed by atoms with van der Waals surface area (Å²) in [6, 6.07) is 13.1. The molecule has 0 spiro atoms. The lowest BCUT2D eigenvalue weighted by atomic mass is 10.2. The van der Waals surface area contributed by atoms with Gasteiger partial charge in [0.15, 0.2) is 0 Å². The van der Waals surface area contributed by atoms with Crippen molar-refractivity contribution in [2.75, 3.05) is 5.88 Å². The summed E-state index contributed by atoms with van der Waals surface area (Å²) in [7, 11) is 0. The molecule has 0 saturated heterocycles. The zero-order valence-corrected chi connectivity index (χ0v) is 13.5. The summed E-state index contributed by atoms with van der Waals surface area (Å²) in [6.45, 7) is 0.359. The van der Waals surface area contributed by atoms with E-state index in [-0.39, 0.29) is 0 Å². The van der Waals surface area contributed by atoms with Crippen LogP contribution in [0.1, 0.15) is 17.5 Å². The third-order valence-electron chi connectivity index (χ3n) is 2.71. The highest BCUT2D eigenvalue weighted by Crippen LogP contribution is 2.26. The number of halogens is 3. The summed E-state index contributed by atoms with van der Waals surface area (Å²) >= 11 is 17.7. The molecule has 4 heteroatoms. The van der Waals surface area contributed by atoms with Crippen molar-refractivity contribution in [1.82, 2.24) is 0 Å². The van der Waals surface area contributed by atoms with Gasteiger partial charge in [-0.05, 0) is 24.3 Å². The lowest BCUT2D eigenvalue weighted by Gasteiger charge is -2.08.